The van der Waals surface area contributed by atoms with E-state index in [1.54, 1.807) is 0 Å². The van der Waals surface area contributed by atoms with Crippen molar-refractivity contribution in [3.63, 3.8) is 0 Å². The van der Waals surface area contributed by atoms with E-state index in [2.05, 4.69) is 45.4 Å². The molecule has 166 valence electrons. The molecule has 2 saturated carbocycles. The minimum absolute atomic E-state index is 0.0407. The van der Waals surface area contributed by atoms with Crippen LogP contribution in [0.25, 0.3) is 22.3 Å². The second kappa shape index (κ2) is 7.66. The number of nitrogens with zero attached hydrogens (tertiary/aromatic N) is 5. The van der Waals surface area contributed by atoms with Crippen molar-refractivity contribution in [1.82, 2.24) is 25.3 Å². The molecule has 7 heteroatoms. The van der Waals surface area contributed by atoms with Crippen LogP contribution in [-0.2, 0) is 0 Å². The monoisotopic (exact) mass is 429 g/mol. The Kier molecular flexibility index (Phi) is 4.75. The minimum Gasteiger partial charge on any atom is -0.370 e. The molecular weight excluding hydrogens is 398 g/mol. The van der Waals surface area contributed by atoms with Crippen LogP contribution in [0.4, 0.5) is 11.6 Å². The van der Waals surface area contributed by atoms with Crippen molar-refractivity contribution in [2.45, 2.75) is 51.0 Å². The van der Waals surface area contributed by atoms with Gasteiger partial charge in [-0.3, -0.25) is 4.98 Å². The Morgan fingerprint density at radius 2 is 2.03 bits per heavy atom. The average Bonchev–Trinajstić information content (AvgIpc) is 3.70. The maximum absolute atomic E-state index is 5.18. The predicted octanol–water partition coefficient (Wildman–Crippen LogP) is 3.97. The van der Waals surface area contributed by atoms with Gasteiger partial charge in [-0.05, 0) is 69.1 Å². The van der Waals surface area contributed by atoms with Crippen molar-refractivity contribution in [2.24, 2.45) is 5.92 Å². The summed E-state index contributed by atoms with van der Waals surface area (Å²) in [7, 11) is 0. The van der Waals surface area contributed by atoms with Gasteiger partial charge in [0.1, 0.15) is 11.6 Å². The Morgan fingerprint density at radius 1 is 1.16 bits per heavy atom. The van der Waals surface area contributed by atoms with E-state index in [9.17, 15) is 0 Å². The summed E-state index contributed by atoms with van der Waals surface area (Å²) >= 11 is 0. The molecule has 0 atom stereocenters. The lowest BCUT2D eigenvalue weighted by molar-refractivity contribution is 0.352. The van der Waals surface area contributed by atoms with Crippen LogP contribution in [0.3, 0.4) is 0 Å². The summed E-state index contributed by atoms with van der Waals surface area (Å²) in [6, 6.07) is 4.08. The number of piperazine rings is 1. The second-order valence-corrected chi connectivity index (χ2v) is 10.3. The number of aromatic nitrogens is 4. The normalized spacial score (nSPS) is 20.5. The first-order valence-corrected chi connectivity index (χ1v) is 11.9. The highest BCUT2D eigenvalue weighted by Gasteiger charge is 2.32. The van der Waals surface area contributed by atoms with E-state index in [0.29, 0.717) is 5.92 Å². The Bertz CT molecular complexity index is 1150. The zero-order chi connectivity index (χ0) is 21.7. The van der Waals surface area contributed by atoms with Gasteiger partial charge in [-0.25, -0.2) is 15.0 Å². The molecule has 1 saturated heterocycles. The predicted molar refractivity (Wildman–Crippen MR) is 128 cm³/mol. The van der Waals surface area contributed by atoms with Crippen LogP contribution < -0.4 is 15.5 Å². The molecule has 0 radical (unpaired) electrons. The van der Waals surface area contributed by atoms with Gasteiger partial charge in [0.05, 0.1) is 11.7 Å². The van der Waals surface area contributed by atoms with Crippen molar-refractivity contribution >= 4 is 22.5 Å². The number of hydrogen-bond donors (Lipinski definition) is 2. The van der Waals surface area contributed by atoms with Gasteiger partial charge in [-0.1, -0.05) is 0 Å². The average molecular weight is 430 g/mol. The lowest BCUT2D eigenvalue weighted by atomic mass is 10.0. The van der Waals surface area contributed by atoms with E-state index in [4.69, 9.17) is 9.97 Å². The zero-order valence-corrected chi connectivity index (χ0v) is 18.9. The fourth-order valence-electron chi connectivity index (χ4n) is 4.71. The highest BCUT2D eigenvalue weighted by molar-refractivity contribution is 5.94. The number of fused-ring (bicyclic) bond motifs is 1. The largest absolute Gasteiger partial charge is 0.370 e. The Hall–Kier alpha value is -2.80. The summed E-state index contributed by atoms with van der Waals surface area (Å²) < 4.78 is 0. The van der Waals surface area contributed by atoms with Gasteiger partial charge in [-0.2, -0.15) is 0 Å². The Morgan fingerprint density at radius 3 is 2.81 bits per heavy atom. The molecule has 4 heterocycles. The quantitative estimate of drug-likeness (QED) is 0.614. The van der Waals surface area contributed by atoms with Gasteiger partial charge in [0.25, 0.3) is 0 Å². The fraction of sp³-hybridized carbons (Fsp3) is 0.520. The molecule has 0 spiro atoms. The van der Waals surface area contributed by atoms with E-state index < -0.39 is 0 Å². The summed E-state index contributed by atoms with van der Waals surface area (Å²) in [5, 5.41) is 8.29. The van der Waals surface area contributed by atoms with Gasteiger partial charge in [0.2, 0.25) is 0 Å². The number of pyridine rings is 2. The highest BCUT2D eigenvalue weighted by atomic mass is 15.3. The first-order chi connectivity index (χ1) is 15.6. The summed E-state index contributed by atoms with van der Waals surface area (Å²) in [6.07, 6.45) is 10.9. The van der Waals surface area contributed by atoms with E-state index in [0.717, 1.165) is 60.6 Å². The van der Waals surface area contributed by atoms with Crippen LogP contribution in [-0.4, -0.2) is 51.7 Å². The third kappa shape index (κ3) is 4.01. The standard InChI is InChI=1S/C25H31N7/c1-25(2)15-32(10-9-29-25)24-22-19(17-5-6-17)13-26-14-20(22)30-23(31-24)18-7-8-27-21(11-18)28-12-16-3-4-16/h7-8,11,13-14,16-17,29H,3-6,9-10,12,15H2,1-2H3,(H,27,28). The van der Waals surface area contributed by atoms with Crippen LogP contribution in [0, 0.1) is 5.92 Å². The van der Waals surface area contributed by atoms with Gasteiger partial charge in [0.15, 0.2) is 5.82 Å². The molecule has 3 aliphatic rings. The molecule has 3 aromatic rings. The van der Waals surface area contributed by atoms with Gasteiger partial charge < -0.3 is 15.5 Å². The second-order valence-electron chi connectivity index (χ2n) is 10.3. The van der Waals surface area contributed by atoms with Crippen molar-refractivity contribution in [3.05, 3.63) is 36.3 Å². The molecule has 32 heavy (non-hydrogen) atoms. The van der Waals surface area contributed by atoms with E-state index in [-0.39, 0.29) is 5.54 Å². The maximum Gasteiger partial charge on any atom is 0.162 e. The lowest BCUT2D eigenvalue weighted by Gasteiger charge is -2.40. The lowest BCUT2D eigenvalue weighted by Crippen LogP contribution is -2.57. The summed E-state index contributed by atoms with van der Waals surface area (Å²) in [6.45, 7) is 8.30. The maximum atomic E-state index is 5.18. The molecule has 7 nitrogen and oxygen atoms in total. The third-order valence-electron chi connectivity index (χ3n) is 6.79. The molecule has 2 N–H and O–H groups in total. The molecular formula is C25H31N7. The van der Waals surface area contributed by atoms with Gasteiger partial charge in [-0.15, -0.1) is 0 Å². The van der Waals surface area contributed by atoms with Crippen LogP contribution in [0.1, 0.15) is 51.0 Å². The van der Waals surface area contributed by atoms with Crippen molar-refractivity contribution < 1.29 is 0 Å². The van der Waals surface area contributed by atoms with E-state index >= 15 is 0 Å². The molecule has 6 rings (SSSR count). The van der Waals surface area contributed by atoms with E-state index in [1.807, 2.05) is 24.7 Å². The molecule has 0 amide bonds. The first kappa shape index (κ1) is 19.9. The van der Waals surface area contributed by atoms with Crippen LogP contribution in [0.2, 0.25) is 0 Å². The number of anilines is 2. The number of hydrogen-bond acceptors (Lipinski definition) is 7. The van der Waals surface area contributed by atoms with Crippen LogP contribution in [0.15, 0.2) is 30.7 Å². The summed E-state index contributed by atoms with van der Waals surface area (Å²) in [5.74, 6) is 4.08. The topological polar surface area (TPSA) is 78.9 Å². The van der Waals surface area contributed by atoms with Crippen molar-refractivity contribution in [2.75, 3.05) is 36.4 Å². The molecule has 0 bridgehead atoms. The Balaban J connectivity index is 1.45. The van der Waals surface area contributed by atoms with Gasteiger partial charge in [0, 0.05) is 55.1 Å². The highest BCUT2D eigenvalue weighted by Crippen LogP contribution is 2.45. The number of nitrogens with one attached hydrogen (secondary N) is 2. The van der Waals surface area contributed by atoms with Gasteiger partial charge >= 0.3 is 0 Å². The smallest absolute Gasteiger partial charge is 0.162 e. The third-order valence-corrected chi connectivity index (χ3v) is 6.79. The molecule has 0 unspecified atom stereocenters. The molecule has 3 aromatic heterocycles. The van der Waals surface area contributed by atoms with Crippen molar-refractivity contribution in [3.8, 4) is 11.4 Å². The summed E-state index contributed by atoms with van der Waals surface area (Å²) in [4.78, 5) is 21.7. The van der Waals surface area contributed by atoms with E-state index in [1.165, 1.54) is 36.6 Å². The van der Waals surface area contributed by atoms with Crippen LogP contribution in [0.5, 0.6) is 0 Å². The first-order valence-electron chi connectivity index (χ1n) is 11.9. The molecule has 0 aromatic carbocycles. The van der Waals surface area contributed by atoms with Crippen LogP contribution >= 0.6 is 0 Å². The minimum atomic E-state index is 0.0407. The Labute approximate surface area is 189 Å². The molecule has 3 fully saturated rings. The van der Waals surface area contributed by atoms with Crippen molar-refractivity contribution in [1.29, 1.82) is 0 Å². The fourth-order valence-corrected chi connectivity index (χ4v) is 4.71. The molecule has 1 aliphatic heterocycles. The summed E-state index contributed by atoms with van der Waals surface area (Å²) in [5.41, 5.74) is 3.28. The zero-order valence-electron chi connectivity index (χ0n) is 18.9. The SMILES string of the molecule is CC1(C)CN(c2nc(-c3ccnc(NCC4CC4)c3)nc3cncc(C4CC4)c23)CCN1. The molecule has 2 aliphatic carbocycles. The number of rotatable bonds is 6.